The third kappa shape index (κ3) is 9.45. The van der Waals surface area contributed by atoms with Gasteiger partial charge in [0.2, 0.25) is 5.91 Å². The van der Waals surface area contributed by atoms with E-state index >= 15 is 0 Å². The number of aliphatic hydroxyl groups excluding tert-OH is 3. The van der Waals surface area contributed by atoms with Crippen molar-refractivity contribution in [2.24, 2.45) is 5.92 Å². The molecule has 0 spiro atoms. The molecule has 2 heterocycles. The molecule has 16 heteroatoms. The molecule has 0 aliphatic carbocycles. The fourth-order valence-electron chi connectivity index (χ4n) is 4.66. The molecule has 2 aromatic rings. The molecule has 1 aliphatic rings. The second-order valence-corrected chi connectivity index (χ2v) is 10.8. The molecule has 2 amide bonds. The lowest BCUT2D eigenvalue weighted by Crippen LogP contribution is -2.54. The SMILES string of the molecule is CC(C)C[C@H](NC(=O)OCc1ccccc1)C(=O)NCCCN[C@H](C(=O)O)C(O)[C@H]1O[C@@H](n2ccc(=O)[nH]c2=O)[C@H](O)[C@@H]1O. The van der Waals surface area contributed by atoms with Crippen molar-refractivity contribution in [3.05, 3.63) is 69.0 Å². The number of alkyl carbamates (subject to hydrolysis) is 1. The number of rotatable bonds is 15. The topological polar surface area (TPSA) is 242 Å². The number of nitrogens with zero attached hydrogens (tertiary/aromatic N) is 1. The van der Waals surface area contributed by atoms with Gasteiger partial charge in [0.25, 0.3) is 5.56 Å². The minimum atomic E-state index is -1.86. The monoisotopic (exact) mass is 621 g/mol. The Kier molecular flexibility index (Phi) is 12.6. The van der Waals surface area contributed by atoms with Crippen LogP contribution >= 0.6 is 0 Å². The summed E-state index contributed by atoms with van der Waals surface area (Å²) < 4.78 is 11.5. The maximum Gasteiger partial charge on any atom is 0.408 e. The number of ether oxygens (including phenoxy) is 2. The van der Waals surface area contributed by atoms with E-state index in [1.165, 1.54) is 0 Å². The van der Waals surface area contributed by atoms with Gasteiger partial charge < -0.3 is 45.9 Å². The number of carbonyl (C=O) groups excluding carboxylic acids is 2. The van der Waals surface area contributed by atoms with E-state index in [-0.39, 0.29) is 32.0 Å². The van der Waals surface area contributed by atoms with Gasteiger partial charge >= 0.3 is 17.8 Å². The van der Waals surface area contributed by atoms with Crippen LogP contribution in [0.4, 0.5) is 4.79 Å². The summed E-state index contributed by atoms with van der Waals surface area (Å²) in [4.78, 5) is 62.4. The first-order valence-corrected chi connectivity index (χ1v) is 14.1. The minimum Gasteiger partial charge on any atom is -0.480 e. The summed E-state index contributed by atoms with van der Waals surface area (Å²) in [6, 6.07) is 7.53. The van der Waals surface area contributed by atoms with Gasteiger partial charge in [0.15, 0.2) is 6.23 Å². The van der Waals surface area contributed by atoms with Crippen molar-refractivity contribution in [2.45, 2.75) is 76.0 Å². The van der Waals surface area contributed by atoms with Crippen LogP contribution in [0.2, 0.25) is 0 Å². The molecule has 3 rings (SSSR count). The van der Waals surface area contributed by atoms with Crippen molar-refractivity contribution in [3.8, 4) is 0 Å². The predicted octanol–water partition coefficient (Wildman–Crippen LogP) is -1.59. The van der Waals surface area contributed by atoms with E-state index in [9.17, 15) is 44.4 Å². The summed E-state index contributed by atoms with van der Waals surface area (Å²) >= 11 is 0. The number of nitrogens with one attached hydrogen (secondary N) is 4. The van der Waals surface area contributed by atoms with Crippen LogP contribution in [0.15, 0.2) is 52.2 Å². The van der Waals surface area contributed by atoms with Gasteiger partial charge in [-0.2, -0.15) is 0 Å². The number of aromatic amines is 1. The summed E-state index contributed by atoms with van der Waals surface area (Å²) in [5.41, 5.74) is -0.844. The molecule has 1 aliphatic heterocycles. The molecule has 242 valence electrons. The van der Waals surface area contributed by atoms with E-state index in [2.05, 4.69) is 16.0 Å². The normalized spacial score (nSPS) is 21.8. The van der Waals surface area contributed by atoms with Crippen molar-refractivity contribution in [1.29, 1.82) is 0 Å². The van der Waals surface area contributed by atoms with E-state index in [1.807, 2.05) is 37.0 Å². The van der Waals surface area contributed by atoms with E-state index < -0.39 is 71.9 Å². The summed E-state index contributed by atoms with van der Waals surface area (Å²) in [5.74, 6) is -1.86. The zero-order valence-electron chi connectivity index (χ0n) is 24.3. The van der Waals surface area contributed by atoms with Crippen molar-refractivity contribution < 1.29 is 44.3 Å². The number of amides is 2. The fraction of sp³-hybridized carbons (Fsp3) is 0.536. The Balaban J connectivity index is 1.49. The van der Waals surface area contributed by atoms with Crippen LogP contribution in [-0.2, 0) is 25.7 Å². The highest BCUT2D eigenvalue weighted by molar-refractivity contribution is 5.85. The number of H-pyrrole nitrogens is 1. The molecular weight excluding hydrogens is 582 g/mol. The van der Waals surface area contributed by atoms with Crippen LogP contribution in [0.25, 0.3) is 0 Å². The molecule has 7 atom stereocenters. The van der Waals surface area contributed by atoms with Gasteiger partial charge in [0, 0.05) is 18.8 Å². The molecule has 1 fully saturated rings. The number of carboxylic acids is 1. The number of hydrogen-bond donors (Lipinski definition) is 8. The summed E-state index contributed by atoms with van der Waals surface area (Å²) in [6.45, 7) is 3.93. The Morgan fingerprint density at radius 2 is 1.77 bits per heavy atom. The van der Waals surface area contributed by atoms with Gasteiger partial charge in [-0.15, -0.1) is 0 Å². The maximum atomic E-state index is 12.8. The predicted molar refractivity (Wildman–Crippen MR) is 153 cm³/mol. The average Bonchev–Trinajstić information content (AvgIpc) is 3.26. The van der Waals surface area contributed by atoms with Crippen molar-refractivity contribution in [1.82, 2.24) is 25.5 Å². The van der Waals surface area contributed by atoms with Gasteiger partial charge in [-0.25, -0.2) is 9.59 Å². The average molecular weight is 622 g/mol. The van der Waals surface area contributed by atoms with Crippen LogP contribution in [0, 0.1) is 5.92 Å². The van der Waals surface area contributed by atoms with Crippen molar-refractivity contribution in [2.75, 3.05) is 13.1 Å². The molecule has 1 aromatic carbocycles. The number of aliphatic hydroxyl groups is 3. The van der Waals surface area contributed by atoms with E-state index in [1.54, 1.807) is 12.1 Å². The first-order valence-electron chi connectivity index (χ1n) is 14.1. The standard InChI is InChI=1S/C28H39N5O11/c1-15(2)13-17(31-28(42)43-14-16-7-4-3-5-8-16)24(38)30-11-6-10-29-19(26(39)40)20(35)23-21(36)22(37)25(44-23)33-12-9-18(34)32-27(33)41/h3-5,7-9,12,15,17,19-23,25,29,35-37H,6,10-11,13-14H2,1-2H3,(H,30,38)(H,31,42)(H,39,40)(H,32,34,41)/t17-,19-,20?,21-,22+,23+,25+/m0/s1. The number of hydrogen-bond acceptors (Lipinski definition) is 11. The number of aliphatic carboxylic acids is 1. The van der Waals surface area contributed by atoms with Crippen LogP contribution in [0.1, 0.15) is 38.5 Å². The second kappa shape index (κ2) is 16.1. The quantitative estimate of drug-likeness (QED) is 0.105. The molecular formula is C28H39N5O11. The smallest absolute Gasteiger partial charge is 0.408 e. The Morgan fingerprint density at radius 1 is 1.07 bits per heavy atom. The highest BCUT2D eigenvalue weighted by Gasteiger charge is 2.50. The third-order valence-electron chi connectivity index (χ3n) is 6.89. The van der Waals surface area contributed by atoms with Crippen molar-refractivity contribution >= 4 is 18.0 Å². The van der Waals surface area contributed by atoms with Gasteiger partial charge in [-0.05, 0) is 30.9 Å². The Morgan fingerprint density at radius 3 is 2.41 bits per heavy atom. The van der Waals surface area contributed by atoms with E-state index in [0.29, 0.717) is 6.42 Å². The van der Waals surface area contributed by atoms with Gasteiger partial charge in [0.05, 0.1) is 0 Å². The lowest BCUT2D eigenvalue weighted by Gasteiger charge is -2.27. The number of aromatic nitrogens is 2. The maximum absolute atomic E-state index is 12.8. The van der Waals surface area contributed by atoms with Crippen LogP contribution < -0.4 is 27.2 Å². The molecule has 44 heavy (non-hydrogen) atoms. The molecule has 0 saturated carbocycles. The summed E-state index contributed by atoms with van der Waals surface area (Å²) in [7, 11) is 0. The molecule has 8 N–H and O–H groups in total. The summed E-state index contributed by atoms with van der Waals surface area (Å²) in [6.07, 6.45) is -7.59. The van der Waals surface area contributed by atoms with Crippen molar-refractivity contribution in [3.63, 3.8) is 0 Å². The molecule has 0 bridgehead atoms. The fourth-order valence-corrected chi connectivity index (χ4v) is 4.66. The number of carbonyl (C=O) groups is 3. The highest BCUT2D eigenvalue weighted by Crippen LogP contribution is 2.31. The number of carboxylic acid groups (broad SMARTS) is 1. The van der Waals surface area contributed by atoms with E-state index in [0.717, 1.165) is 22.4 Å². The van der Waals surface area contributed by atoms with Gasteiger partial charge in [-0.1, -0.05) is 44.2 Å². The number of benzene rings is 1. The van der Waals surface area contributed by atoms with E-state index in [4.69, 9.17) is 9.47 Å². The Hall–Kier alpha value is -4.09. The second-order valence-electron chi connectivity index (χ2n) is 10.8. The first-order chi connectivity index (χ1) is 20.9. The molecule has 1 saturated heterocycles. The Labute approximate surface area is 252 Å². The molecule has 16 nitrogen and oxygen atoms in total. The highest BCUT2D eigenvalue weighted by atomic mass is 16.6. The lowest BCUT2D eigenvalue weighted by atomic mass is 9.99. The van der Waals surface area contributed by atoms with Crippen LogP contribution in [0.5, 0.6) is 0 Å². The summed E-state index contributed by atoms with van der Waals surface area (Å²) in [5, 5.41) is 49.1. The first kappa shape index (κ1) is 34.4. The zero-order valence-corrected chi connectivity index (χ0v) is 24.3. The largest absolute Gasteiger partial charge is 0.480 e. The zero-order chi connectivity index (χ0) is 32.4. The molecule has 0 radical (unpaired) electrons. The van der Waals surface area contributed by atoms with Gasteiger partial charge in [-0.3, -0.25) is 23.9 Å². The lowest BCUT2D eigenvalue weighted by molar-refractivity contribution is -0.149. The molecule has 1 aromatic heterocycles. The minimum absolute atomic E-state index is 0.00385. The van der Waals surface area contributed by atoms with Gasteiger partial charge in [0.1, 0.15) is 43.1 Å². The third-order valence-corrected chi connectivity index (χ3v) is 6.89. The Bertz CT molecular complexity index is 1370. The van der Waals surface area contributed by atoms with Crippen LogP contribution in [0.3, 0.4) is 0 Å². The molecule has 1 unspecified atom stereocenters. The van der Waals surface area contributed by atoms with Crippen LogP contribution in [-0.4, -0.2) is 97.5 Å².